The number of rotatable bonds is 7. The van der Waals surface area contributed by atoms with Gasteiger partial charge in [0.25, 0.3) is 0 Å². The third-order valence-corrected chi connectivity index (χ3v) is 2.90. The first-order valence-electron chi connectivity index (χ1n) is 6.82. The minimum atomic E-state index is 0.146. The van der Waals surface area contributed by atoms with E-state index in [1.165, 1.54) is 5.56 Å². The molecular formula is C16H22N2O. The number of benzene rings is 1. The molecule has 1 aromatic carbocycles. The molecule has 0 aliphatic heterocycles. The van der Waals surface area contributed by atoms with Crippen LogP contribution in [0, 0.1) is 17.2 Å². The fourth-order valence-corrected chi connectivity index (χ4v) is 2.00. The number of amides is 1. The number of nitrogens with zero attached hydrogens (tertiary/aromatic N) is 2. The van der Waals surface area contributed by atoms with Gasteiger partial charge in [0.15, 0.2) is 0 Å². The summed E-state index contributed by atoms with van der Waals surface area (Å²) in [6, 6.07) is 12.1. The van der Waals surface area contributed by atoms with Crippen molar-refractivity contribution in [1.82, 2.24) is 4.90 Å². The fourth-order valence-electron chi connectivity index (χ4n) is 2.00. The van der Waals surface area contributed by atoms with E-state index >= 15 is 0 Å². The SMILES string of the molecule is CC(C)CN(CCC#N)C(=O)CCc1ccccc1. The number of hydrogen-bond acceptors (Lipinski definition) is 2. The van der Waals surface area contributed by atoms with Crippen molar-refractivity contribution in [3.05, 3.63) is 35.9 Å². The van der Waals surface area contributed by atoms with Crippen molar-refractivity contribution in [2.75, 3.05) is 13.1 Å². The average Bonchev–Trinajstić information content (AvgIpc) is 2.41. The van der Waals surface area contributed by atoms with Gasteiger partial charge in [-0.15, -0.1) is 0 Å². The zero-order valence-corrected chi connectivity index (χ0v) is 11.8. The Hall–Kier alpha value is -1.82. The Morgan fingerprint density at radius 1 is 1.32 bits per heavy atom. The number of hydrogen-bond donors (Lipinski definition) is 0. The summed E-state index contributed by atoms with van der Waals surface area (Å²) in [5, 5.41) is 8.65. The molecule has 0 atom stereocenters. The second-order valence-electron chi connectivity index (χ2n) is 5.13. The molecule has 102 valence electrons. The van der Waals surface area contributed by atoms with Gasteiger partial charge in [-0.1, -0.05) is 44.2 Å². The van der Waals surface area contributed by atoms with Crippen molar-refractivity contribution in [3.8, 4) is 6.07 Å². The Morgan fingerprint density at radius 2 is 2.00 bits per heavy atom. The molecule has 0 bridgehead atoms. The van der Waals surface area contributed by atoms with Crippen molar-refractivity contribution in [3.63, 3.8) is 0 Å². The van der Waals surface area contributed by atoms with Gasteiger partial charge in [0.05, 0.1) is 12.5 Å². The van der Waals surface area contributed by atoms with Gasteiger partial charge in [-0.2, -0.15) is 5.26 Å². The zero-order valence-electron chi connectivity index (χ0n) is 11.8. The first-order chi connectivity index (χ1) is 9.13. The molecule has 0 aromatic heterocycles. The highest BCUT2D eigenvalue weighted by Crippen LogP contribution is 2.07. The molecule has 0 N–H and O–H groups in total. The van der Waals surface area contributed by atoms with Crippen LogP contribution in [0.3, 0.4) is 0 Å². The Kier molecular flexibility index (Phi) is 6.67. The molecule has 3 nitrogen and oxygen atoms in total. The van der Waals surface area contributed by atoms with Gasteiger partial charge >= 0.3 is 0 Å². The summed E-state index contributed by atoms with van der Waals surface area (Å²) in [7, 11) is 0. The number of carbonyl (C=O) groups is 1. The standard InChI is InChI=1S/C16H22N2O/c1-14(2)13-18(12-6-11-17)16(19)10-9-15-7-4-3-5-8-15/h3-5,7-8,14H,6,9-10,12-13H2,1-2H3. The maximum Gasteiger partial charge on any atom is 0.222 e. The van der Waals surface area contributed by atoms with Crippen molar-refractivity contribution in [2.45, 2.75) is 33.1 Å². The molecular weight excluding hydrogens is 236 g/mol. The average molecular weight is 258 g/mol. The van der Waals surface area contributed by atoms with Crippen molar-refractivity contribution < 1.29 is 4.79 Å². The molecule has 0 radical (unpaired) electrons. The summed E-state index contributed by atoms with van der Waals surface area (Å²) >= 11 is 0. The molecule has 0 saturated carbocycles. The monoisotopic (exact) mass is 258 g/mol. The molecule has 0 unspecified atom stereocenters. The van der Waals surface area contributed by atoms with Crippen molar-refractivity contribution in [2.24, 2.45) is 5.92 Å². The van der Waals surface area contributed by atoms with E-state index in [0.29, 0.717) is 25.3 Å². The second-order valence-corrected chi connectivity index (χ2v) is 5.13. The highest BCUT2D eigenvalue weighted by atomic mass is 16.2. The molecule has 19 heavy (non-hydrogen) atoms. The van der Waals surface area contributed by atoms with Gasteiger partial charge in [0.1, 0.15) is 0 Å². The minimum Gasteiger partial charge on any atom is -0.341 e. The van der Waals surface area contributed by atoms with E-state index in [4.69, 9.17) is 5.26 Å². The summed E-state index contributed by atoms with van der Waals surface area (Å²) in [5.74, 6) is 0.576. The Balaban J connectivity index is 2.49. The summed E-state index contributed by atoms with van der Waals surface area (Å²) in [6.45, 7) is 5.45. The first-order valence-corrected chi connectivity index (χ1v) is 6.82. The summed E-state index contributed by atoms with van der Waals surface area (Å²) < 4.78 is 0. The third kappa shape index (κ3) is 6.05. The van der Waals surface area contributed by atoms with E-state index in [1.54, 1.807) is 0 Å². The van der Waals surface area contributed by atoms with Crippen molar-refractivity contribution >= 4 is 5.91 Å². The van der Waals surface area contributed by atoms with Gasteiger partial charge in [0, 0.05) is 19.5 Å². The van der Waals surface area contributed by atoms with Crippen LogP contribution < -0.4 is 0 Å². The van der Waals surface area contributed by atoms with E-state index in [1.807, 2.05) is 35.2 Å². The molecule has 1 rings (SSSR count). The number of aryl methyl sites for hydroxylation is 1. The lowest BCUT2D eigenvalue weighted by molar-refractivity contribution is -0.131. The van der Waals surface area contributed by atoms with Crippen LogP contribution in [0.5, 0.6) is 0 Å². The van der Waals surface area contributed by atoms with E-state index in [0.717, 1.165) is 13.0 Å². The summed E-state index contributed by atoms with van der Waals surface area (Å²) in [5.41, 5.74) is 1.18. The molecule has 0 aliphatic rings. The van der Waals surface area contributed by atoms with Gasteiger partial charge < -0.3 is 4.90 Å². The smallest absolute Gasteiger partial charge is 0.222 e. The number of carbonyl (C=O) groups excluding carboxylic acids is 1. The Bertz CT molecular complexity index is 420. The lowest BCUT2D eigenvalue weighted by atomic mass is 10.1. The van der Waals surface area contributed by atoms with Gasteiger partial charge in [-0.3, -0.25) is 4.79 Å². The molecule has 0 spiro atoms. The van der Waals surface area contributed by atoms with E-state index in [-0.39, 0.29) is 5.91 Å². The largest absolute Gasteiger partial charge is 0.341 e. The third-order valence-electron chi connectivity index (χ3n) is 2.90. The lowest BCUT2D eigenvalue weighted by Crippen LogP contribution is -2.35. The van der Waals surface area contributed by atoms with Crippen LogP contribution in [0.1, 0.15) is 32.3 Å². The second kappa shape index (κ2) is 8.31. The minimum absolute atomic E-state index is 0.146. The first kappa shape index (κ1) is 15.2. The van der Waals surface area contributed by atoms with E-state index in [2.05, 4.69) is 19.9 Å². The van der Waals surface area contributed by atoms with E-state index < -0.39 is 0 Å². The van der Waals surface area contributed by atoms with Crippen LogP contribution in [0.25, 0.3) is 0 Å². The fraction of sp³-hybridized carbons (Fsp3) is 0.500. The van der Waals surface area contributed by atoms with E-state index in [9.17, 15) is 4.79 Å². The van der Waals surface area contributed by atoms with Crippen LogP contribution >= 0.6 is 0 Å². The molecule has 0 fully saturated rings. The Morgan fingerprint density at radius 3 is 2.58 bits per heavy atom. The maximum absolute atomic E-state index is 12.2. The predicted molar refractivity (Wildman–Crippen MR) is 76.4 cm³/mol. The van der Waals surface area contributed by atoms with Gasteiger partial charge in [0.2, 0.25) is 5.91 Å². The quantitative estimate of drug-likeness (QED) is 0.754. The van der Waals surface area contributed by atoms with Crippen LogP contribution in [0.2, 0.25) is 0 Å². The Labute approximate surface area is 115 Å². The van der Waals surface area contributed by atoms with Crippen LogP contribution in [-0.4, -0.2) is 23.9 Å². The molecule has 0 heterocycles. The normalized spacial score (nSPS) is 10.2. The van der Waals surface area contributed by atoms with Crippen LogP contribution in [0.15, 0.2) is 30.3 Å². The van der Waals surface area contributed by atoms with Gasteiger partial charge in [-0.05, 0) is 17.9 Å². The van der Waals surface area contributed by atoms with Crippen molar-refractivity contribution in [1.29, 1.82) is 5.26 Å². The van der Waals surface area contributed by atoms with Gasteiger partial charge in [-0.25, -0.2) is 0 Å². The maximum atomic E-state index is 12.2. The van der Waals surface area contributed by atoms with Crippen LogP contribution in [0.4, 0.5) is 0 Å². The summed E-state index contributed by atoms with van der Waals surface area (Å²) in [6.07, 6.45) is 1.69. The molecule has 1 aromatic rings. The highest BCUT2D eigenvalue weighted by Gasteiger charge is 2.14. The topological polar surface area (TPSA) is 44.1 Å². The van der Waals surface area contributed by atoms with Crippen LogP contribution in [-0.2, 0) is 11.2 Å². The zero-order chi connectivity index (χ0) is 14.1. The predicted octanol–water partition coefficient (Wildman–Crippen LogP) is 3.02. The lowest BCUT2D eigenvalue weighted by Gasteiger charge is -2.23. The molecule has 0 aliphatic carbocycles. The summed E-state index contributed by atoms with van der Waals surface area (Å²) in [4.78, 5) is 14.0. The number of nitriles is 1. The molecule has 0 saturated heterocycles. The highest BCUT2D eigenvalue weighted by molar-refractivity contribution is 5.76. The molecule has 1 amide bonds. The molecule has 3 heteroatoms.